The average Bonchev–Trinajstić information content (AvgIpc) is 2.46. The Kier molecular flexibility index (Phi) is 3.60. The molecule has 19 heavy (non-hydrogen) atoms. The highest BCUT2D eigenvalue weighted by molar-refractivity contribution is 5.74. The molecule has 0 spiro atoms. The molecule has 0 radical (unpaired) electrons. The lowest BCUT2D eigenvalue weighted by molar-refractivity contribution is -0.146. The normalized spacial score (nSPS) is 11.6. The van der Waals surface area contributed by atoms with Crippen molar-refractivity contribution in [3.8, 4) is 17.2 Å². The topological polar surface area (TPSA) is 81.3 Å². The van der Waals surface area contributed by atoms with Crippen LogP contribution in [0.25, 0.3) is 11.1 Å². The Hall–Kier alpha value is -2.64. The first-order valence-electron chi connectivity index (χ1n) is 5.63. The molecular formula is C15H11NO3. The number of nitrogens with zero attached hydrogens (tertiary/aromatic N) is 1. The number of aliphatic hydroxyl groups excluding tert-OH is 1. The van der Waals surface area contributed by atoms with E-state index in [1.165, 1.54) is 0 Å². The fourth-order valence-corrected chi connectivity index (χ4v) is 1.74. The first-order chi connectivity index (χ1) is 9.11. The lowest BCUT2D eigenvalue weighted by atomic mass is 10.0. The van der Waals surface area contributed by atoms with Gasteiger partial charge in [-0.15, -0.1) is 0 Å². The zero-order valence-electron chi connectivity index (χ0n) is 9.95. The van der Waals surface area contributed by atoms with Crippen LogP contribution in [0.4, 0.5) is 0 Å². The van der Waals surface area contributed by atoms with E-state index >= 15 is 0 Å². The molecule has 4 nitrogen and oxygen atoms in total. The highest BCUT2D eigenvalue weighted by Crippen LogP contribution is 2.22. The number of hydrogen-bond donors (Lipinski definition) is 2. The van der Waals surface area contributed by atoms with Gasteiger partial charge >= 0.3 is 5.97 Å². The number of hydrogen-bond acceptors (Lipinski definition) is 3. The number of benzene rings is 2. The summed E-state index contributed by atoms with van der Waals surface area (Å²) in [6, 6.07) is 15.7. The highest BCUT2D eigenvalue weighted by Gasteiger charge is 2.15. The summed E-state index contributed by atoms with van der Waals surface area (Å²) >= 11 is 0. The van der Waals surface area contributed by atoms with Crippen LogP contribution in [-0.4, -0.2) is 16.2 Å². The van der Waals surface area contributed by atoms with Crippen LogP contribution in [0.15, 0.2) is 48.5 Å². The quantitative estimate of drug-likeness (QED) is 0.879. The van der Waals surface area contributed by atoms with Crippen LogP contribution in [0.1, 0.15) is 17.2 Å². The van der Waals surface area contributed by atoms with Crippen LogP contribution >= 0.6 is 0 Å². The number of aliphatic carboxylic acids is 1. The number of nitriles is 1. The molecule has 0 saturated carbocycles. The Bertz CT molecular complexity index is 624. The summed E-state index contributed by atoms with van der Waals surface area (Å²) in [5.74, 6) is -1.27. The fourth-order valence-electron chi connectivity index (χ4n) is 1.74. The van der Waals surface area contributed by atoms with E-state index in [1.54, 1.807) is 36.4 Å². The summed E-state index contributed by atoms with van der Waals surface area (Å²) in [6.45, 7) is 0. The van der Waals surface area contributed by atoms with Crippen molar-refractivity contribution in [2.75, 3.05) is 0 Å². The second-order valence-electron chi connectivity index (χ2n) is 4.05. The van der Waals surface area contributed by atoms with Gasteiger partial charge in [-0.3, -0.25) is 0 Å². The smallest absolute Gasteiger partial charge is 0.337 e. The number of aliphatic hydroxyl groups is 1. The van der Waals surface area contributed by atoms with E-state index < -0.39 is 12.1 Å². The number of carbonyl (C=O) groups is 1. The largest absolute Gasteiger partial charge is 0.479 e. The molecule has 0 aliphatic heterocycles. The van der Waals surface area contributed by atoms with Crippen LogP contribution < -0.4 is 0 Å². The van der Waals surface area contributed by atoms with E-state index in [9.17, 15) is 9.90 Å². The number of carboxylic acid groups (broad SMARTS) is 1. The Labute approximate surface area is 110 Å². The van der Waals surface area contributed by atoms with Crippen LogP contribution in [0.5, 0.6) is 0 Å². The molecule has 0 heterocycles. The van der Waals surface area contributed by atoms with Gasteiger partial charge in [0.25, 0.3) is 0 Å². The lowest BCUT2D eigenvalue weighted by Gasteiger charge is -2.07. The standard InChI is InChI=1S/C15H11NO3/c16-9-10-1-3-11(4-2-10)12-5-7-13(8-6-12)14(17)15(18)19/h1-8,14,17H,(H,18,19). The molecule has 0 saturated heterocycles. The molecule has 0 fully saturated rings. The van der Waals surface area contributed by atoms with Gasteiger partial charge in [-0.25, -0.2) is 4.79 Å². The summed E-state index contributed by atoms with van der Waals surface area (Å²) < 4.78 is 0. The van der Waals surface area contributed by atoms with Crippen molar-refractivity contribution in [2.45, 2.75) is 6.10 Å². The predicted molar refractivity (Wildman–Crippen MR) is 69.2 cm³/mol. The molecule has 1 atom stereocenters. The molecule has 0 aliphatic rings. The van der Waals surface area contributed by atoms with E-state index in [0.717, 1.165) is 11.1 Å². The molecule has 0 amide bonds. The van der Waals surface area contributed by atoms with Gasteiger partial charge in [-0.1, -0.05) is 36.4 Å². The minimum Gasteiger partial charge on any atom is -0.479 e. The summed E-state index contributed by atoms with van der Waals surface area (Å²) in [4.78, 5) is 10.6. The molecule has 0 bridgehead atoms. The van der Waals surface area contributed by atoms with Gasteiger partial charge in [0.1, 0.15) is 0 Å². The second kappa shape index (κ2) is 5.34. The molecule has 0 aromatic heterocycles. The third-order valence-electron chi connectivity index (χ3n) is 2.81. The third-order valence-corrected chi connectivity index (χ3v) is 2.81. The predicted octanol–water partition coefficient (Wildman–Crippen LogP) is 2.34. The summed E-state index contributed by atoms with van der Waals surface area (Å²) in [7, 11) is 0. The number of carboxylic acids is 1. The van der Waals surface area contributed by atoms with Crippen LogP contribution in [0.3, 0.4) is 0 Å². The van der Waals surface area contributed by atoms with Gasteiger partial charge in [0, 0.05) is 0 Å². The van der Waals surface area contributed by atoms with E-state index in [1.807, 2.05) is 18.2 Å². The molecular weight excluding hydrogens is 242 g/mol. The fraction of sp³-hybridized carbons (Fsp3) is 0.0667. The lowest BCUT2D eigenvalue weighted by Crippen LogP contribution is -2.09. The van der Waals surface area contributed by atoms with Crippen LogP contribution in [0, 0.1) is 11.3 Å². The van der Waals surface area contributed by atoms with Gasteiger partial charge in [-0.2, -0.15) is 5.26 Å². The van der Waals surface area contributed by atoms with E-state index in [-0.39, 0.29) is 0 Å². The minimum atomic E-state index is -1.50. The Morgan fingerprint density at radius 1 is 1.00 bits per heavy atom. The SMILES string of the molecule is N#Cc1ccc(-c2ccc(C(O)C(=O)O)cc2)cc1. The summed E-state index contributed by atoms with van der Waals surface area (Å²) in [6.07, 6.45) is -1.50. The van der Waals surface area contributed by atoms with Gasteiger partial charge in [0.05, 0.1) is 11.6 Å². The van der Waals surface area contributed by atoms with Crippen molar-refractivity contribution in [3.05, 3.63) is 59.7 Å². The van der Waals surface area contributed by atoms with Crippen molar-refractivity contribution in [3.63, 3.8) is 0 Å². The van der Waals surface area contributed by atoms with E-state index in [2.05, 4.69) is 0 Å². The molecule has 1 unspecified atom stereocenters. The maximum Gasteiger partial charge on any atom is 0.337 e. The van der Waals surface area contributed by atoms with Gasteiger partial charge in [0.15, 0.2) is 6.10 Å². The molecule has 2 N–H and O–H groups in total. The van der Waals surface area contributed by atoms with Crippen LogP contribution in [0.2, 0.25) is 0 Å². The third kappa shape index (κ3) is 2.79. The zero-order valence-corrected chi connectivity index (χ0v) is 9.95. The molecule has 2 rings (SSSR count). The van der Waals surface area contributed by atoms with Gasteiger partial charge < -0.3 is 10.2 Å². The second-order valence-corrected chi connectivity index (χ2v) is 4.05. The summed E-state index contributed by atoms with van der Waals surface area (Å²) in [5, 5.41) is 26.8. The Morgan fingerprint density at radius 3 is 1.89 bits per heavy atom. The molecule has 0 aliphatic carbocycles. The summed E-state index contributed by atoms with van der Waals surface area (Å²) in [5.41, 5.74) is 2.74. The van der Waals surface area contributed by atoms with Crippen molar-refractivity contribution < 1.29 is 15.0 Å². The van der Waals surface area contributed by atoms with Crippen molar-refractivity contribution in [1.82, 2.24) is 0 Å². The Balaban J connectivity index is 2.27. The first-order valence-corrected chi connectivity index (χ1v) is 5.63. The van der Waals surface area contributed by atoms with E-state index in [0.29, 0.717) is 11.1 Å². The molecule has 94 valence electrons. The minimum absolute atomic E-state index is 0.338. The van der Waals surface area contributed by atoms with Crippen LogP contribution in [-0.2, 0) is 4.79 Å². The molecule has 2 aromatic carbocycles. The van der Waals surface area contributed by atoms with Crippen molar-refractivity contribution in [2.24, 2.45) is 0 Å². The van der Waals surface area contributed by atoms with Gasteiger partial charge in [0.2, 0.25) is 0 Å². The average molecular weight is 253 g/mol. The maximum absolute atomic E-state index is 10.6. The van der Waals surface area contributed by atoms with E-state index in [4.69, 9.17) is 10.4 Å². The van der Waals surface area contributed by atoms with Gasteiger partial charge in [-0.05, 0) is 28.8 Å². The highest BCUT2D eigenvalue weighted by atomic mass is 16.4. The molecule has 2 aromatic rings. The Morgan fingerprint density at radius 2 is 1.47 bits per heavy atom. The van der Waals surface area contributed by atoms with Crippen molar-refractivity contribution >= 4 is 5.97 Å². The maximum atomic E-state index is 10.6. The first kappa shape index (κ1) is 12.8. The van der Waals surface area contributed by atoms with Crippen molar-refractivity contribution in [1.29, 1.82) is 5.26 Å². The zero-order chi connectivity index (χ0) is 13.8. The monoisotopic (exact) mass is 253 g/mol. The molecule has 4 heteroatoms. The number of rotatable bonds is 3.